The van der Waals surface area contributed by atoms with Crippen LogP contribution in [0.4, 0.5) is 14.6 Å². The van der Waals surface area contributed by atoms with Gasteiger partial charge in [0.1, 0.15) is 42.0 Å². The van der Waals surface area contributed by atoms with Gasteiger partial charge in [0, 0.05) is 24.9 Å². The average Bonchev–Trinajstić information content (AvgIpc) is 3.76. The van der Waals surface area contributed by atoms with Gasteiger partial charge in [-0.2, -0.15) is 0 Å². The van der Waals surface area contributed by atoms with Crippen molar-refractivity contribution in [2.24, 2.45) is 0 Å². The van der Waals surface area contributed by atoms with E-state index in [-0.39, 0.29) is 28.5 Å². The molecule has 7 rings (SSSR count). The van der Waals surface area contributed by atoms with Crippen molar-refractivity contribution in [2.45, 2.75) is 61.9 Å². The Morgan fingerprint density at radius 2 is 1.66 bits per heavy atom. The fraction of sp³-hybridized carbons (Fsp3) is 0.429. The number of anilines is 1. The number of ether oxygens (including phenoxy) is 3. The Balaban J connectivity index is 1.23. The van der Waals surface area contributed by atoms with Crippen LogP contribution in [0.15, 0.2) is 58.8 Å². The normalized spacial score (nSPS) is 33.4. The minimum Gasteiger partial charge on any atom is -0.427 e. The summed E-state index contributed by atoms with van der Waals surface area (Å²) in [5.41, 5.74) is 4.73. The van der Waals surface area contributed by atoms with Crippen molar-refractivity contribution in [3.63, 3.8) is 0 Å². The fourth-order valence-corrected chi connectivity index (χ4v) is 10.0. The number of nitrogen functional groups attached to an aromatic ring is 1. The largest absolute Gasteiger partial charge is 0.472 e. The summed E-state index contributed by atoms with van der Waals surface area (Å²) in [7, 11) is -5.25. The summed E-state index contributed by atoms with van der Waals surface area (Å²) >= 11 is 0.570. The highest BCUT2D eigenvalue weighted by molar-refractivity contribution is 8.54. The van der Waals surface area contributed by atoms with E-state index in [1.165, 1.54) is 30.0 Å². The number of carbonyl (C=O) groups is 1. The van der Waals surface area contributed by atoms with Crippen molar-refractivity contribution < 1.29 is 59.9 Å². The molecular weight excluding hydrogens is 774 g/mol. The lowest BCUT2D eigenvalue weighted by Gasteiger charge is -2.27. The molecule has 2 unspecified atom stereocenters. The number of phosphoric acid groups is 1. The van der Waals surface area contributed by atoms with Crippen LogP contribution >= 0.6 is 26.0 Å². The highest BCUT2D eigenvalue weighted by Crippen LogP contribution is 2.65. The van der Waals surface area contributed by atoms with Gasteiger partial charge in [-0.15, -0.1) is 0 Å². The molecule has 0 radical (unpaired) electrons. The second kappa shape index (κ2) is 14.7. The Bertz CT molecular complexity index is 2230. The van der Waals surface area contributed by atoms with Gasteiger partial charge in [0.05, 0.1) is 19.5 Å². The van der Waals surface area contributed by atoms with E-state index >= 15 is 8.78 Å². The van der Waals surface area contributed by atoms with Gasteiger partial charge in [0.25, 0.3) is 5.56 Å². The van der Waals surface area contributed by atoms with Gasteiger partial charge in [-0.25, -0.2) is 37.7 Å². The van der Waals surface area contributed by atoms with Crippen molar-refractivity contribution in [3.05, 3.63) is 75.6 Å². The molecule has 6 heterocycles. The topological polar surface area (TPSA) is 261 Å². The summed E-state index contributed by atoms with van der Waals surface area (Å²) in [4.78, 5) is 60.6. The maximum atomic E-state index is 16.3. The van der Waals surface area contributed by atoms with Crippen molar-refractivity contribution >= 4 is 49.0 Å². The third kappa shape index (κ3) is 7.86. The Morgan fingerprint density at radius 1 is 1.00 bits per heavy atom. The number of hydrogen-bond donors (Lipinski definition) is 3. The van der Waals surface area contributed by atoms with Gasteiger partial charge in [-0.3, -0.25) is 41.8 Å². The lowest BCUT2D eigenvalue weighted by atomic mass is 10.1. The molecule has 0 amide bonds. The summed E-state index contributed by atoms with van der Waals surface area (Å²) in [6.07, 6.45) is -11.8. The number of nitrogens with one attached hydrogen (secondary N) is 1. The molecule has 0 aliphatic carbocycles. The first-order valence-electron chi connectivity index (χ1n) is 15.5. The lowest BCUT2D eigenvalue weighted by molar-refractivity contribution is -0.131. The molecule has 4 N–H and O–H groups in total. The fourth-order valence-electron chi connectivity index (χ4n) is 5.75. The third-order valence-corrected chi connectivity index (χ3v) is 12.8. The number of imidazole rings is 1. The van der Waals surface area contributed by atoms with Crippen LogP contribution in [0.25, 0.3) is 11.2 Å². The molecule has 3 saturated heterocycles. The standard InChI is InChI=1S/C28H29F2N7O13P2S/c1-13(38)46-15-4-2-14(3-5-15)10-53-52(43)45-9-17-19(29)22(27(48-17)37-12-34-21-24(31)32-11-33-25(21)37)49-51(41,42)44-8-16-20(30)23(50-52)26(47-16)36-7-6-18(39)35-28(36)40/h2-7,11-12,16-17,19-20,22-23,26-27H,8-10H2,1H3,(H,41,42)(H2,31,32,33)(H,35,39,40)/t16-,17-,19-,20-,22-,23-,26-,27-,52?/m1/s1. The van der Waals surface area contributed by atoms with E-state index in [9.17, 15) is 28.4 Å². The summed E-state index contributed by atoms with van der Waals surface area (Å²) in [5, 5.41) is 0. The Morgan fingerprint density at radius 3 is 2.34 bits per heavy atom. The molecule has 3 aromatic heterocycles. The van der Waals surface area contributed by atoms with Crippen LogP contribution in [0, 0.1) is 0 Å². The number of nitrogens with zero attached hydrogens (tertiary/aromatic N) is 5. The number of esters is 1. The highest BCUT2D eigenvalue weighted by Gasteiger charge is 2.55. The van der Waals surface area contributed by atoms with Gasteiger partial charge in [0.2, 0.25) is 0 Å². The highest BCUT2D eigenvalue weighted by atomic mass is 32.7. The number of H-pyrrole nitrogens is 1. The van der Waals surface area contributed by atoms with Crippen molar-refractivity contribution in [3.8, 4) is 5.75 Å². The number of nitrogens with two attached hydrogens (primary N) is 1. The van der Waals surface area contributed by atoms with Crippen molar-refractivity contribution in [1.29, 1.82) is 0 Å². The van der Waals surface area contributed by atoms with E-state index in [2.05, 4.69) is 15.0 Å². The van der Waals surface area contributed by atoms with E-state index < -0.39 is 94.3 Å². The Kier molecular flexibility index (Phi) is 10.4. The minimum atomic E-state index is -5.25. The predicted octanol–water partition coefficient (Wildman–Crippen LogP) is 2.31. The summed E-state index contributed by atoms with van der Waals surface area (Å²) in [6, 6.07) is 7.01. The Labute approximate surface area is 299 Å². The smallest absolute Gasteiger partial charge is 0.427 e. The predicted molar refractivity (Wildman–Crippen MR) is 177 cm³/mol. The van der Waals surface area contributed by atoms with Crippen LogP contribution in [-0.4, -0.2) is 89.9 Å². The quantitative estimate of drug-likeness (QED) is 0.143. The van der Waals surface area contributed by atoms with Gasteiger partial charge >= 0.3 is 26.3 Å². The molecule has 1 aromatic carbocycles. The summed E-state index contributed by atoms with van der Waals surface area (Å²) in [6.45, 7) is -5.25. The van der Waals surface area contributed by atoms with Crippen LogP contribution in [-0.2, 0) is 47.2 Å². The van der Waals surface area contributed by atoms with Crippen LogP contribution in [0.3, 0.4) is 0 Å². The van der Waals surface area contributed by atoms with E-state index in [0.29, 0.717) is 16.9 Å². The number of alkyl halides is 2. The third-order valence-electron chi connectivity index (χ3n) is 8.19. The minimum absolute atomic E-state index is 0.0233. The molecule has 0 saturated carbocycles. The number of carbonyl (C=O) groups excluding carboxylic acids is 1. The molecular formula is C28H29F2N7O13P2S. The van der Waals surface area contributed by atoms with Crippen LogP contribution in [0.2, 0.25) is 0 Å². The number of fused-ring (bicyclic) bond motifs is 5. The molecule has 284 valence electrons. The number of phosphoric ester groups is 1. The van der Waals surface area contributed by atoms with Crippen LogP contribution < -0.4 is 21.7 Å². The van der Waals surface area contributed by atoms with E-state index in [4.69, 9.17) is 38.0 Å². The van der Waals surface area contributed by atoms with E-state index in [1.807, 2.05) is 4.98 Å². The maximum Gasteiger partial charge on any atom is 0.472 e. The summed E-state index contributed by atoms with van der Waals surface area (Å²) in [5.74, 6) is -0.440. The number of aromatic amines is 1. The molecule has 3 aliphatic rings. The van der Waals surface area contributed by atoms with Gasteiger partial charge in [-0.05, 0) is 29.1 Å². The second-order valence-corrected chi connectivity index (χ2v) is 17.2. The van der Waals surface area contributed by atoms with Crippen molar-refractivity contribution in [1.82, 2.24) is 29.1 Å². The molecule has 3 aliphatic heterocycles. The molecule has 53 heavy (non-hydrogen) atoms. The first-order valence-corrected chi connectivity index (χ1v) is 20.2. The molecule has 10 atom stereocenters. The monoisotopic (exact) mass is 803 g/mol. The van der Waals surface area contributed by atoms with Crippen LogP contribution in [0.1, 0.15) is 24.9 Å². The number of hydrogen-bond acceptors (Lipinski definition) is 17. The van der Waals surface area contributed by atoms with Gasteiger partial charge in [0.15, 0.2) is 36.3 Å². The zero-order valence-corrected chi connectivity index (χ0v) is 29.7. The van der Waals surface area contributed by atoms with Gasteiger partial charge in [-0.1, -0.05) is 12.1 Å². The zero-order valence-electron chi connectivity index (χ0n) is 27.1. The number of halogens is 2. The average molecular weight is 804 g/mol. The van der Waals surface area contributed by atoms with Crippen LogP contribution in [0.5, 0.6) is 5.75 Å². The molecule has 4 aromatic rings. The molecule has 3 fully saturated rings. The van der Waals surface area contributed by atoms with E-state index in [0.717, 1.165) is 23.2 Å². The zero-order chi connectivity index (χ0) is 37.7. The van der Waals surface area contributed by atoms with E-state index in [1.54, 1.807) is 12.1 Å². The first kappa shape index (κ1) is 37.4. The van der Waals surface area contributed by atoms with Crippen molar-refractivity contribution in [2.75, 3.05) is 18.9 Å². The number of benzene rings is 1. The molecule has 25 heteroatoms. The molecule has 4 bridgehead atoms. The number of aromatic nitrogens is 6. The molecule has 20 nitrogen and oxygen atoms in total. The van der Waals surface area contributed by atoms with Gasteiger partial charge < -0.3 is 24.8 Å². The lowest BCUT2D eigenvalue weighted by Crippen LogP contribution is -2.38. The summed E-state index contributed by atoms with van der Waals surface area (Å²) < 4.78 is 101. The first-order chi connectivity index (χ1) is 25.2. The second-order valence-electron chi connectivity index (χ2n) is 11.8. The molecule has 0 spiro atoms. The maximum absolute atomic E-state index is 16.3. The number of rotatable bonds is 6. The SMILES string of the molecule is CC(=O)Oc1ccc(CSP2(=O)OC[C@H]3O[C@@H](n4cnc5c(N)ncnc54)[C@H](OP(=O)(O)OC[C@H]4O[C@@H](n5ccc(=O)[nH]c5=O)[C@H](O2)[C@@H]4F)[C@@H]3F)cc1. The Hall–Kier alpha value is -3.89.